The number of aromatic nitrogens is 1. The van der Waals surface area contributed by atoms with Crippen molar-refractivity contribution in [3.05, 3.63) is 88.6 Å². The second-order valence-electron chi connectivity index (χ2n) is 8.55. The van der Waals surface area contributed by atoms with Gasteiger partial charge in [-0.1, -0.05) is 30.1 Å². The van der Waals surface area contributed by atoms with Gasteiger partial charge in [-0.05, 0) is 77.9 Å². The number of hydrogen-bond donors (Lipinski definition) is 0. The molecule has 3 heterocycles. The van der Waals surface area contributed by atoms with Gasteiger partial charge in [-0.2, -0.15) is 0 Å². The molecule has 3 aromatic rings. The molecule has 9 nitrogen and oxygen atoms in total. The van der Waals surface area contributed by atoms with Crippen LogP contribution in [-0.2, 0) is 9.53 Å². The van der Waals surface area contributed by atoms with E-state index in [1.807, 2.05) is 18.2 Å². The van der Waals surface area contributed by atoms with E-state index in [1.54, 1.807) is 45.2 Å². The molecule has 2 aromatic carbocycles. The maximum Gasteiger partial charge on any atom is 0.338 e. The predicted octanol–water partition coefficient (Wildman–Crippen LogP) is 3.71. The molecule has 0 saturated carbocycles. The first-order valence-electron chi connectivity index (χ1n) is 12.1. The highest BCUT2D eigenvalue weighted by Crippen LogP contribution is 2.38. The second kappa shape index (κ2) is 11.3. The average molecular weight is 660 g/mol. The smallest absolute Gasteiger partial charge is 0.338 e. The van der Waals surface area contributed by atoms with Gasteiger partial charge in [0.05, 0.1) is 39.1 Å². The van der Waals surface area contributed by atoms with Crippen LogP contribution in [0.25, 0.3) is 6.08 Å². The number of rotatable bonds is 8. The van der Waals surface area contributed by atoms with Gasteiger partial charge in [0.25, 0.3) is 5.56 Å². The number of carbonyl (C=O) groups is 1. The third kappa shape index (κ3) is 5.08. The molecule has 0 fully saturated rings. The lowest BCUT2D eigenvalue weighted by atomic mass is 9.95. The lowest BCUT2D eigenvalue weighted by molar-refractivity contribution is -0.139. The molecular weight excluding hydrogens is 635 g/mol. The van der Waals surface area contributed by atoms with Crippen LogP contribution in [0.15, 0.2) is 64.0 Å². The summed E-state index contributed by atoms with van der Waals surface area (Å²) in [7, 11) is 1.56. The highest BCUT2D eigenvalue weighted by atomic mass is 127. The average Bonchev–Trinajstić information content (AvgIpc) is 3.50. The molecule has 0 spiro atoms. The Bertz CT molecular complexity index is 1690. The number of allylic oxidation sites excluding steroid dienone is 1. The number of benzene rings is 2. The highest BCUT2D eigenvalue weighted by molar-refractivity contribution is 14.1. The molecule has 202 valence electrons. The molecule has 0 amide bonds. The largest absolute Gasteiger partial charge is 0.493 e. The van der Waals surface area contributed by atoms with E-state index in [0.29, 0.717) is 55.8 Å². The molecule has 2 aliphatic heterocycles. The number of thiazole rings is 1. The van der Waals surface area contributed by atoms with E-state index in [0.717, 1.165) is 9.13 Å². The Hall–Kier alpha value is -3.58. The maximum atomic E-state index is 13.9. The van der Waals surface area contributed by atoms with Crippen molar-refractivity contribution in [1.82, 2.24) is 4.57 Å². The van der Waals surface area contributed by atoms with Crippen LogP contribution < -0.4 is 33.8 Å². The molecule has 1 atom stereocenters. The summed E-state index contributed by atoms with van der Waals surface area (Å²) < 4.78 is 30.5. The summed E-state index contributed by atoms with van der Waals surface area (Å²) in [5.74, 6) is 1.78. The number of ether oxygens (including phenoxy) is 5. The minimum absolute atomic E-state index is 0.112. The van der Waals surface area contributed by atoms with Crippen LogP contribution in [0, 0.1) is 3.57 Å². The van der Waals surface area contributed by atoms with E-state index in [-0.39, 0.29) is 19.0 Å². The van der Waals surface area contributed by atoms with Crippen molar-refractivity contribution in [1.29, 1.82) is 0 Å². The first kappa shape index (κ1) is 27.0. The van der Waals surface area contributed by atoms with Gasteiger partial charge in [-0.15, -0.1) is 0 Å². The summed E-state index contributed by atoms with van der Waals surface area (Å²) in [6.45, 7) is 7.82. The summed E-state index contributed by atoms with van der Waals surface area (Å²) in [6, 6.07) is 8.35. The van der Waals surface area contributed by atoms with Crippen molar-refractivity contribution in [2.45, 2.75) is 19.9 Å². The fourth-order valence-electron chi connectivity index (χ4n) is 4.45. The molecule has 0 bridgehead atoms. The lowest BCUT2D eigenvalue weighted by Gasteiger charge is -2.24. The molecule has 0 N–H and O–H groups in total. The highest BCUT2D eigenvalue weighted by Gasteiger charge is 2.34. The second-order valence-corrected chi connectivity index (χ2v) is 10.7. The van der Waals surface area contributed by atoms with Crippen LogP contribution in [0.5, 0.6) is 23.0 Å². The summed E-state index contributed by atoms with van der Waals surface area (Å²) in [5, 5.41) is 0. The third-order valence-corrected chi connectivity index (χ3v) is 7.91. The Morgan fingerprint density at radius 2 is 2.08 bits per heavy atom. The van der Waals surface area contributed by atoms with Crippen molar-refractivity contribution in [3.63, 3.8) is 0 Å². The van der Waals surface area contributed by atoms with Crippen LogP contribution >= 0.6 is 33.9 Å². The van der Waals surface area contributed by atoms with Crippen molar-refractivity contribution >= 4 is 46.0 Å². The maximum absolute atomic E-state index is 13.9. The first-order chi connectivity index (χ1) is 18.9. The van der Waals surface area contributed by atoms with Crippen LogP contribution in [0.3, 0.4) is 0 Å². The van der Waals surface area contributed by atoms with Gasteiger partial charge in [-0.25, -0.2) is 9.79 Å². The van der Waals surface area contributed by atoms with Crippen molar-refractivity contribution in [2.24, 2.45) is 4.99 Å². The Labute approximate surface area is 241 Å². The molecule has 0 radical (unpaired) electrons. The topological polar surface area (TPSA) is 97.6 Å². The first-order valence-corrected chi connectivity index (χ1v) is 14.0. The number of methoxy groups -OCH3 is 1. The molecule has 0 unspecified atom stereocenters. The van der Waals surface area contributed by atoms with E-state index < -0.39 is 12.0 Å². The molecular formula is C28H25IN2O7S. The molecule has 0 saturated heterocycles. The minimum atomic E-state index is -0.749. The van der Waals surface area contributed by atoms with Gasteiger partial charge in [0, 0.05) is 0 Å². The summed E-state index contributed by atoms with van der Waals surface area (Å²) >= 11 is 3.42. The number of fused-ring (bicyclic) bond motifs is 2. The van der Waals surface area contributed by atoms with Crippen molar-refractivity contribution in [2.75, 3.05) is 27.1 Å². The molecule has 5 rings (SSSR count). The van der Waals surface area contributed by atoms with Gasteiger partial charge < -0.3 is 23.7 Å². The molecule has 11 heteroatoms. The molecule has 1 aromatic heterocycles. The minimum Gasteiger partial charge on any atom is -0.493 e. The lowest BCUT2D eigenvalue weighted by Crippen LogP contribution is -2.39. The SMILES string of the molecule is C=CCOc1c(I)cc(C=c2sc3n(c2=O)[C@H](c2ccc4c(c2)OCO4)C(C(=O)OCC)=C(C)N=3)cc1OC. The van der Waals surface area contributed by atoms with E-state index in [1.165, 1.54) is 15.9 Å². The van der Waals surface area contributed by atoms with Gasteiger partial charge in [0.1, 0.15) is 6.61 Å². The van der Waals surface area contributed by atoms with Gasteiger partial charge >= 0.3 is 5.97 Å². The van der Waals surface area contributed by atoms with Crippen molar-refractivity contribution < 1.29 is 28.5 Å². The van der Waals surface area contributed by atoms with Crippen molar-refractivity contribution in [3.8, 4) is 23.0 Å². The molecule has 2 aliphatic rings. The van der Waals surface area contributed by atoms with Gasteiger partial charge in [0.15, 0.2) is 27.8 Å². The predicted molar refractivity (Wildman–Crippen MR) is 154 cm³/mol. The fraction of sp³-hybridized carbons (Fsp3) is 0.250. The Morgan fingerprint density at radius 3 is 2.82 bits per heavy atom. The fourth-order valence-corrected chi connectivity index (χ4v) is 6.27. The Kier molecular flexibility index (Phi) is 7.80. The summed E-state index contributed by atoms with van der Waals surface area (Å²) in [4.78, 5) is 32.1. The number of nitrogens with zero attached hydrogens (tertiary/aromatic N) is 2. The van der Waals surface area contributed by atoms with Crippen LogP contribution in [0.1, 0.15) is 31.0 Å². The summed E-state index contributed by atoms with van der Waals surface area (Å²) in [6.07, 6.45) is 3.44. The number of halogens is 1. The number of esters is 1. The monoisotopic (exact) mass is 660 g/mol. The van der Waals surface area contributed by atoms with Gasteiger partial charge in [-0.3, -0.25) is 9.36 Å². The summed E-state index contributed by atoms with van der Waals surface area (Å²) in [5.41, 5.74) is 1.95. The van der Waals surface area contributed by atoms with E-state index >= 15 is 0 Å². The molecule has 0 aliphatic carbocycles. The quantitative estimate of drug-likeness (QED) is 0.207. The van der Waals surface area contributed by atoms with Crippen LogP contribution in [0.2, 0.25) is 0 Å². The van der Waals surface area contributed by atoms with E-state index in [4.69, 9.17) is 23.7 Å². The van der Waals surface area contributed by atoms with Crippen LogP contribution in [0.4, 0.5) is 0 Å². The normalized spacial score (nSPS) is 16.0. The standard InChI is InChI=1S/C28H25IN2O7S/c1-5-9-36-25-18(29)10-16(11-21(25)34-4)12-22-26(32)31-24(17-7-8-19-20(13-17)38-14-37-19)23(27(33)35-6-2)15(3)30-28(31)39-22/h5,7-8,10-13,24H,1,6,9,14H2,2-4H3/t24-/m1/s1. The zero-order valence-electron chi connectivity index (χ0n) is 21.5. The van der Waals surface area contributed by atoms with E-state index in [9.17, 15) is 9.59 Å². The Morgan fingerprint density at radius 1 is 1.28 bits per heavy atom. The van der Waals surface area contributed by atoms with Gasteiger partial charge in [0.2, 0.25) is 6.79 Å². The number of hydrogen-bond acceptors (Lipinski definition) is 9. The third-order valence-electron chi connectivity index (χ3n) is 6.12. The zero-order chi connectivity index (χ0) is 27.7. The number of carbonyl (C=O) groups excluding carboxylic acids is 1. The van der Waals surface area contributed by atoms with E-state index in [2.05, 4.69) is 34.2 Å². The zero-order valence-corrected chi connectivity index (χ0v) is 24.5. The molecule has 39 heavy (non-hydrogen) atoms. The van der Waals surface area contributed by atoms with Crippen LogP contribution in [-0.4, -0.2) is 37.7 Å². The Balaban J connectivity index is 1.67.